The summed E-state index contributed by atoms with van der Waals surface area (Å²) in [6.07, 6.45) is 11.5. The third kappa shape index (κ3) is 6.04. The van der Waals surface area contributed by atoms with Crippen molar-refractivity contribution in [2.75, 3.05) is 6.54 Å². The van der Waals surface area contributed by atoms with Crippen LogP contribution in [0.4, 0.5) is 0 Å². The Morgan fingerprint density at radius 3 is 2.59 bits per heavy atom. The summed E-state index contributed by atoms with van der Waals surface area (Å²) in [4.78, 5) is 22.9. The van der Waals surface area contributed by atoms with Gasteiger partial charge < -0.3 is 15.2 Å². The van der Waals surface area contributed by atoms with Crippen LogP contribution in [-0.2, 0) is 9.53 Å². The van der Waals surface area contributed by atoms with Gasteiger partial charge in [-0.15, -0.1) is 0 Å². The molecular weight excluding hydrogens is 366 g/mol. The van der Waals surface area contributed by atoms with Gasteiger partial charge >= 0.3 is 5.97 Å². The van der Waals surface area contributed by atoms with Crippen LogP contribution in [0.15, 0.2) is 54.3 Å². The number of ether oxygens (including phenoxy) is 1. The molecular formula is C24H31NO4. The molecule has 5 heteroatoms. The Kier molecular flexibility index (Phi) is 7.64. The predicted octanol–water partition coefficient (Wildman–Crippen LogP) is 4.36. The number of aliphatic carboxylic acids is 1. The molecule has 1 aromatic carbocycles. The third-order valence-corrected chi connectivity index (χ3v) is 5.95. The molecule has 2 bridgehead atoms. The van der Waals surface area contributed by atoms with Gasteiger partial charge in [0, 0.05) is 36.2 Å². The number of benzene rings is 1. The first-order chi connectivity index (χ1) is 14.0. The van der Waals surface area contributed by atoms with E-state index in [0.29, 0.717) is 36.0 Å². The largest absolute Gasteiger partial charge is 0.481 e. The third-order valence-electron chi connectivity index (χ3n) is 5.95. The molecule has 0 radical (unpaired) electrons. The highest BCUT2D eigenvalue weighted by Crippen LogP contribution is 2.45. The van der Waals surface area contributed by atoms with Crippen LogP contribution in [-0.4, -0.2) is 35.6 Å². The summed E-state index contributed by atoms with van der Waals surface area (Å²) in [6.45, 7) is 2.75. The Morgan fingerprint density at radius 1 is 1.14 bits per heavy atom. The second kappa shape index (κ2) is 10.4. The fourth-order valence-corrected chi connectivity index (χ4v) is 4.43. The predicted molar refractivity (Wildman–Crippen MR) is 113 cm³/mol. The van der Waals surface area contributed by atoms with E-state index in [1.54, 1.807) is 6.08 Å². The quantitative estimate of drug-likeness (QED) is 0.251. The zero-order chi connectivity index (χ0) is 20.6. The van der Waals surface area contributed by atoms with Crippen LogP contribution in [0.2, 0.25) is 0 Å². The number of carboxylic acids is 1. The molecule has 2 fully saturated rings. The molecule has 4 atom stereocenters. The average molecular weight is 398 g/mol. The van der Waals surface area contributed by atoms with Crippen molar-refractivity contribution in [3.05, 3.63) is 59.8 Å². The number of hydrogen-bond acceptors (Lipinski definition) is 4. The Bertz CT molecular complexity index is 755. The smallest absolute Gasteiger partial charge is 0.303 e. The summed E-state index contributed by atoms with van der Waals surface area (Å²) >= 11 is 0. The van der Waals surface area contributed by atoms with E-state index in [2.05, 4.69) is 17.5 Å². The van der Waals surface area contributed by atoms with Crippen molar-refractivity contribution < 1.29 is 19.4 Å². The number of nitrogens with one attached hydrogen (secondary N) is 1. The lowest BCUT2D eigenvalue weighted by Crippen LogP contribution is -2.35. The Balaban J connectivity index is 1.49. The molecule has 2 N–H and O–H groups in total. The maximum absolute atomic E-state index is 12.3. The standard InChI is InChI=1S/C24H31NO4/c1-17(15-21(26)18-9-5-4-6-10-18)25-16-20-19(22-13-14-23(20)29-22)11-7-2-3-8-12-24(27)28/h2,4-7,9-10,15,19-20,22-23,25H,3,8,11-14,16H2,1H3,(H,27,28)/b7-2-,17-15?/t19-,20+,22-,23+/m0/s1. The van der Waals surface area contributed by atoms with Crippen molar-refractivity contribution in [1.29, 1.82) is 0 Å². The average Bonchev–Trinajstić information content (AvgIpc) is 3.31. The van der Waals surface area contributed by atoms with Gasteiger partial charge in [-0.3, -0.25) is 9.59 Å². The fraction of sp³-hybridized carbons (Fsp3) is 0.500. The van der Waals surface area contributed by atoms with Crippen LogP contribution in [0, 0.1) is 11.8 Å². The van der Waals surface area contributed by atoms with Gasteiger partial charge in [0.2, 0.25) is 0 Å². The Labute approximate surface area is 172 Å². The molecule has 2 aliphatic rings. The van der Waals surface area contributed by atoms with E-state index in [-0.39, 0.29) is 12.2 Å². The minimum absolute atomic E-state index is 0.0145. The van der Waals surface area contributed by atoms with Gasteiger partial charge in [0.25, 0.3) is 0 Å². The number of carbonyl (C=O) groups excluding carboxylic acids is 1. The van der Waals surface area contributed by atoms with E-state index < -0.39 is 5.97 Å². The van der Waals surface area contributed by atoms with E-state index >= 15 is 0 Å². The SMILES string of the molecule is CC(=CC(=O)c1ccccc1)NC[C@@H]1[C@H](C/C=C\CCCC(=O)O)[C@@H]2CC[C@H]1O2. The molecule has 3 rings (SSSR count). The number of carboxylic acid groups (broad SMARTS) is 1. The van der Waals surface area contributed by atoms with Crippen LogP contribution >= 0.6 is 0 Å². The molecule has 0 amide bonds. The van der Waals surface area contributed by atoms with Gasteiger partial charge in [-0.05, 0) is 44.9 Å². The van der Waals surface area contributed by atoms with Crippen LogP contribution in [0.25, 0.3) is 0 Å². The molecule has 1 aromatic rings. The van der Waals surface area contributed by atoms with Crippen molar-refractivity contribution >= 4 is 11.8 Å². The lowest BCUT2D eigenvalue weighted by molar-refractivity contribution is -0.137. The number of hydrogen-bond donors (Lipinski definition) is 2. The van der Waals surface area contributed by atoms with Crippen LogP contribution < -0.4 is 5.32 Å². The molecule has 0 unspecified atom stereocenters. The first-order valence-electron chi connectivity index (χ1n) is 10.6. The monoisotopic (exact) mass is 397 g/mol. The fourth-order valence-electron chi connectivity index (χ4n) is 4.43. The van der Waals surface area contributed by atoms with Gasteiger partial charge in [0.05, 0.1) is 12.2 Å². The molecule has 2 heterocycles. The molecule has 2 aliphatic heterocycles. The second-order valence-electron chi connectivity index (χ2n) is 8.05. The highest BCUT2D eigenvalue weighted by molar-refractivity contribution is 6.04. The highest BCUT2D eigenvalue weighted by atomic mass is 16.5. The Morgan fingerprint density at radius 2 is 1.86 bits per heavy atom. The number of rotatable bonds is 11. The summed E-state index contributed by atoms with van der Waals surface area (Å²) in [5.41, 5.74) is 1.58. The minimum Gasteiger partial charge on any atom is -0.481 e. The molecule has 0 spiro atoms. The van der Waals surface area contributed by atoms with Crippen LogP contribution in [0.5, 0.6) is 0 Å². The summed E-state index contributed by atoms with van der Waals surface area (Å²) < 4.78 is 6.15. The first-order valence-corrected chi connectivity index (χ1v) is 10.6. The lowest BCUT2D eigenvalue weighted by Gasteiger charge is -2.27. The van der Waals surface area contributed by atoms with Crippen molar-refractivity contribution in [1.82, 2.24) is 5.32 Å². The van der Waals surface area contributed by atoms with Gasteiger partial charge in [-0.25, -0.2) is 0 Å². The van der Waals surface area contributed by atoms with Crippen molar-refractivity contribution in [3.63, 3.8) is 0 Å². The molecule has 0 saturated carbocycles. The molecule has 156 valence electrons. The highest BCUT2D eigenvalue weighted by Gasteiger charge is 2.47. The van der Waals surface area contributed by atoms with Crippen molar-refractivity contribution in [3.8, 4) is 0 Å². The van der Waals surface area contributed by atoms with E-state index in [1.807, 2.05) is 37.3 Å². The molecule has 0 aliphatic carbocycles. The number of unbranched alkanes of at least 4 members (excludes halogenated alkanes) is 1. The second-order valence-corrected chi connectivity index (χ2v) is 8.05. The number of allylic oxidation sites excluding steroid dienone is 4. The minimum atomic E-state index is -0.736. The van der Waals surface area contributed by atoms with Gasteiger partial charge in [0.1, 0.15) is 0 Å². The number of fused-ring (bicyclic) bond motifs is 2. The van der Waals surface area contributed by atoms with Crippen molar-refractivity contribution in [2.45, 2.75) is 57.7 Å². The summed E-state index contributed by atoms with van der Waals surface area (Å²) in [7, 11) is 0. The number of carbonyl (C=O) groups is 2. The first kappa shape index (κ1) is 21.3. The van der Waals surface area contributed by atoms with Gasteiger partial charge in [-0.1, -0.05) is 42.5 Å². The summed E-state index contributed by atoms with van der Waals surface area (Å²) in [5.74, 6) is 0.197. The zero-order valence-corrected chi connectivity index (χ0v) is 17.0. The summed E-state index contributed by atoms with van der Waals surface area (Å²) in [5, 5.41) is 12.1. The molecule has 0 aromatic heterocycles. The summed E-state index contributed by atoms with van der Waals surface area (Å²) in [6, 6.07) is 9.30. The molecule has 2 saturated heterocycles. The van der Waals surface area contributed by atoms with Crippen molar-refractivity contribution in [2.24, 2.45) is 11.8 Å². The zero-order valence-electron chi connectivity index (χ0n) is 17.0. The molecule has 5 nitrogen and oxygen atoms in total. The van der Waals surface area contributed by atoms with E-state index in [9.17, 15) is 9.59 Å². The normalized spacial score (nSPS) is 26.2. The molecule has 29 heavy (non-hydrogen) atoms. The van der Waals surface area contributed by atoms with Crippen LogP contribution in [0.3, 0.4) is 0 Å². The number of ketones is 1. The van der Waals surface area contributed by atoms with E-state index in [1.165, 1.54) is 0 Å². The maximum Gasteiger partial charge on any atom is 0.303 e. The van der Waals surface area contributed by atoms with E-state index in [4.69, 9.17) is 9.84 Å². The Hall–Kier alpha value is -2.40. The van der Waals surface area contributed by atoms with Gasteiger partial charge in [-0.2, -0.15) is 0 Å². The van der Waals surface area contributed by atoms with Gasteiger partial charge in [0.15, 0.2) is 5.78 Å². The van der Waals surface area contributed by atoms with Crippen LogP contribution in [0.1, 0.15) is 55.8 Å². The maximum atomic E-state index is 12.3. The topological polar surface area (TPSA) is 75.6 Å². The lowest BCUT2D eigenvalue weighted by atomic mass is 9.77. The van der Waals surface area contributed by atoms with E-state index in [0.717, 1.165) is 37.9 Å².